The lowest BCUT2D eigenvalue weighted by Crippen LogP contribution is -2.08. The van der Waals surface area contributed by atoms with E-state index in [2.05, 4.69) is 21.1 Å². The molecule has 0 saturated carbocycles. The van der Waals surface area contributed by atoms with E-state index in [-0.39, 0.29) is 0 Å². The number of aryl methyl sites for hydroxylation is 3. The van der Waals surface area contributed by atoms with Crippen molar-refractivity contribution in [1.29, 1.82) is 0 Å². The van der Waals surface area contributed by atoms with Gasteiger partial charge in [-0.05, 0) is 57.9 Å². The van der Waals surface area contributed by atoms with Gasteiger partial charge < -0.3 is 9.47 Å². The van der Waals surface area contributed by atoms with Crippen molar-refractivity contribution >= 4 is 5.97 Å². The molecule has 7 nitrogen and oxygen atoms in total. The van der Waals surface area contributed by atoms with E-state index in [0.29, 0.717) is 41.1 Å². The zero-order valence-electron chi connectivity index (χ0n) is 16.1. The molecule has 0 aliphatic rings. The molecule has 2 heterocycles. The number of carbonyl (C=O) groups is 1. The second kappa shape index (κ2) is 7.57. The first kappa shape index (κ1) is 18.6. The van der Waals surface area contributed by atoms with Gasteiger partial charge in [-0.3, -0.25) is 0 Å². The van der Waals surface area contributed by atoms with E-state index in [0.717, 1.165) is 11.1 Å². The smallest absolute Gasteiger partial charge is 0.341 e. The highest BCUT2D eigenvalue weighted by Gasteiger charge is 2.17. The summed E-state index contributed by atoms with van der Waals surface area (Å²) in [4.78, 5) is 20.8. The lowest BCUT2D eigenvalue weighted by Gasteiger charge is -2.10. The van der Waals surface area contributed by atoms with Crippen molar-refractivity contribution in [2.24, 2.45) is 0 Å². The molecule has 0 amide bonds. The summed E-state index contributed by atoms with van der Waals surface area (Å²) >= 11 is 0. The predicted octanol–water partition coefficient (Wildman–Crippen LogP) is 3.86. The van der Waals surface area contributed by atoms with Gasteiger partial charge in [-0.1, -0.05) is 6.07 Å². The van der Waals surface area contributed by atoms with Crippen LogP contribution < -0.4 is 4.74 Å². The lowest BCUT2D eigenvalue weighted by atomic mass is 10.1. The Morgan fingerprint density at radius 1 is 1.04 bits per heavy atom. The third-order valence-electron chi connectivity index (χ3n) is 3.94. The molecule has 0 saturated heterocycles. The van der Waals surface area contributed by atoms with Crippen LogP contribution in [0.4, 0.5) is 0 Å². The summed E-state index contributed by atoms with van der Waals surface area (Å²) in [5, 5.41) is 4.28. The summed E-state index contributed by atoms with van der Waals surface area (Å²) in [6.07, 6.45) is 1.48. The van der Waals surface area contributed by atoms with E-state index in [4.69, 9.17) is 9.47 Å². The van der Waals surface area contributed by atoms with Gasteiger partial charge in [0.05, 0.1) is 18.5 Å². The average Bonchev–Trinajstić information content (AvgIpc) is 2.95. The summed E-state index contributed by atoms with van der Waals surface area (Å²) in [5.74, 6) is 1.78. The Hall–Kier alpha value is -3.22. The first-order valence-electron chi connectivity index (χ1n) is 8.71. The minimum absolute atomic E-state index is 0.309. The first-order valence-corrected chi connectivity index (χ1v) is 8.71. The molecule has 0 aliphatic heterocycles. The fourth-order valence-corrected chi connectivity index (χ4v) is 2.85. The maximum atomic E-state index is 12.0. The topological polar surface area (TPSA) is 79.1 Å². The standard InChI is InChI=1S/C20H22N4O3/c1-6-26-20(25)17-11-21-24(14(17)4)18-10-19(23-15(5)22-18)27-16-8-12(2)7-13(3)9-16/h7-11H,6H2,1-5H3. The van der Waals surface area contributed by atoms with Gasteiger partial charge in [0.1, 0.15) is 17.1 Å². The number of esters is 1. The normalized spacial score (nSPS) is 10.7. The number of carbonyl (C=O) groups excluding carboxylic acids is 1. The highest BCUT2D eigenvalue weighted by molar-refractivity contribution is 5.90. The van der Waals surface area contributed by atoms with Crippen molar-refractivity contribution in [1.82, 2.24) is 19.7 Å². The number of ether oxygens (including phenoxy) is 2. The summed E-state index contributed by atoms with van der Waals surface area (Å²) in [7, 11) is 0. The number of hydrogen-bond acceptors (Lipinski definition) is 6. The van der Waals surface area contributed by atoms with Crippen molar-refractivity contribution in [3.63, 3.8) is 0 Å². The van der Waals surface area contributed by atoms with Crippen LogP contribution in [0.1, 0.15) is 39.9 Å². The Morgan fingerprint density at radius 3 is 2.41 bits per heavy atom. The van der Waals surface area contributed by atoms with Crippen LogP contribution in [0.25, 0.3) is 5.82 Å². The van der Waals surface area contributed by atoms with Gasteiger partial charge in [0.25, 0.3) is 0 Å². The Kier molecular flexibility index (Phi) is 5.21. The summed E-state index contributed by atoms with van der Waals surface area (Å²) in [6, 6.07) is 7.66. The monoisotopic (exact) mass is 366 g/mol. The third-order valence-corrected chi connectivity index (χ3v) is 3.94. The fraction of sp³-hybridized carbons (Fsp3) is 0.300. The van der Waals surface area contributed by atoms with Gasteiger partial charge in [-0.15, -0.1) is 0 Å². The van der Waals surface area contributed by atoms with Crippen LogP contribution in [0.15, 0.2) is 30.5 Å². The van der Waals surface area contributed by atoms with Crippen molar-refractivity contribution in [2.75, 3.05) is 6.61 Å². The zero-order chi connectivity index (χ0) is 19.6. The zero-order valence-corrected chi connectivity index (χ0v) is 16.1. The second-order valence-corrected chi connectivity index (χ2v) is 6.31. The molecule has 0 fully saturated rings. The molecule has 0 N–H and O–H groups in total. The minimum atomic E-state index is -0.404. The van der Waals surface area contributed by atoms with Crippen LogP contribution in [0.3, 0.4) is 0 Å². The number of nitrogens with zero attached hydrogens (tertiary/aromatic N) is 4. The molecular formula is C20H22N4O3. The van der Waals surface area contributed by atoms with Crippen molar-refractivity contribution in [3.8, 4) is 17.4 Å². The van der Waals surface area contributed by atoms with Gasteiger partial charge in [-0.25, -0.2) is 14.5 Å². The van der Waals surface area contributed by atoms with E-state index in [1.54, 1.807) is 31.5 Å². The van der Waals surface area contributed by atoms with Gasteiger partial charge >= 0.3 is 5.97 Å². The Bertz CT molecular complexity index is 975. The fourth-order valence-electron chi connectivity index (χ4n) is 2.85. The molecule has 3 aromatic rings. The maximum Gasteiger partial charge on any atom is 0.341 e. The van der Waals surface area contributed by atoms with Crippen molar-refractivity contribution < 1.29 is 14.3 Å². The van der Waals surface area contributed by atoms with Gasteiger partial charge in [-0.2, -0.15) is 10.1 Å². The molecule has 0 atom stereocenters. The molecule has 0 spiro atoms. The molecule has 0 aliphatic carbocycles. The van der Waals surface area contributed by atoms with Crippen LogP contribution in [0.2, 0.25) is 0 Å². The van der Waals surface area contributed by atoms with E-state index in [1.807, 2.05) is 26.0 Å². The summed E-state index contributed by atoms with van der Waals surface area (Å²) < 4.78 is 12.6. The number of rotatable bonds is 5. The SMILES string of the molecule is CCOC(=O)c1cnn(-c2cc(Oc3cc(C)cc(C)c3)nc(C)n2)c1C. The first-order chi connectivity index (χ1) is 12.9. The quantitative estimate of drug-likeness (QED) is 0.638. The highest BCUT2D eigenvalue weighted by Crippen LogP contribution is 2.24. The molecule has 7 heteroatoms. The average molecular weight is 366 g/mol. The van der Waals surface area contributed by atoms with Crippen LogP contribution in [-0.4, -0.2) is 32.3 Å². The number of aromatic nitrogens is 4. The minimum Gasteiger partial charge on any atom is -0.462 e. The van der Waals surface area contributed by atoms with Gasteiger partial charge in [0.2, 0.25) is 5.88 Å². The van der Waals surface area contributed by atoms with Gasteiger partial charge in [0.15, 0.2) is 5.82 Å². The van der Waals surface area contributed by atoms with E-state index in [1.165, 1.54) is 6.20 Å². The molecule has 140 valence electrons. The largest absolute Gasteiger partial charge is 0.462 e. The van der Waals surface area contributed by atoms with Crippen molar-refractivity contribution in [2.45, 2.75) is 34.6 Å². The second-order valence-electron chi connectivity index (χ2n) is 6.31. The molecule has 1 aromatic carbocycles. The summed E-state index contributed by atoms with van der Waals surface area (Å²) in [5.41, 5.74) is 3.27. The summed E-state index contributed by atoms with van der Waals surface area (Å²) in [6.45, 7) is 9.68. The Balaban J connectivity index is 1.95. The lowest BCUT2D eigenvalue weighted by molar-refractivity contribution is 0.0525. The molecule has 0 unspecified atom stereocenters. The molecule has 2 aromatic heterocycles. The maximum absolute atomic E-state index is 12.0. The highest BCUT2D eigenvalue weighted by atomic mass is 16.5. The molecule has 0 bridgehead atoms. The molecule has 0 radical (unpaired) electrons. The molecule has 27 heavy (non-hydrogen) atoms. The number of benzene rings is 1. The van der Waals surface area contributed by atoms with Crippen LogP contribution in [0.5, 0.6) is 11.6 Å². The predicted molar refractivity (Wildman–Crippen MR) is 101 cm³/mol. The van der Waals surface area contributed by atoms with Crippen LogP contribution in [0, 0.1) is 27.7 Å². The van der Waals surface area contributed by atoms with Crippen LogP contribution >= 0.6 is 0 Å². The van der Waals surface area contributed by atoms with E-state index < -0.39 is 5.97 Å². The molecular weight excluding hydrogens is 344 g/mol. The van der Waals surface area contributed by atoms with Crippen LogP contribution in [-0.2, 0) is 4.74 Å². The van der Waals surface area contributed by atoms with Gasteiger partial charge in [0, 0.05) is 6.07 Å². The van der Waals surface area contributed by atoms with E-state index >= 15 is 0 Å². The Labute approximate surface area is 158 Å². The molecule has 3 rings (SSSR count). The van der Waals surface area contributed by atoms with E-state index in [9.17, 15) is 4.79 Å². The third kappa shape index (κ3) is 4.13. The number of hydrogen-bond donors (Lipinski definition) is 0. The Morgan fingerprint density at radius 2 is 1.74 bits per heavy atom. The van der Waals surface area contributed by atoms with Crippen molar-refractivity contribution in [3.05, 3.63) is 58.7 Å².